The van der Waals surface area contributed by atoms with Crippen LogP contribution in [0.3, 0.4) is 0 Å². The van der Waals surface area contributed by atoms with E-state index in [4.69, 9.17) is 28.6 Å². The highest BCUT2D eigenvalue weighted by Crippen LogP contribution is 2.46. The fraction of sp³-hybridized carbons (Fsp3) is 0.564. The molecular formula is C39H49N5O9S. The summed E-state index contributed by atoms with van der Waals surface area (Å²) in [5.41, 5.74) is 1.09. The molecule has 2 aromatic heterocycles. The van der Waals surface area contributed by atoms with Crippen LogP contribution in [0.2, 0.25) is 0 Å². The number of carbonyl (C=O) groups excluding carboxylic acids is 3. The molecule has 0 bridgehead atoms. The number of amides is 3. The first-order valence-electron chi connectivity index (χ1n) is 18.8. The van der Waals surface area contributed by atoms with Gasteiger partial charge in [0, 0.05) is 41.9 Å². The maximum Gasteiger partial charge on any atom is 0.259 e. The number of carbonyl (C=O) groups is 3. The first-order chi connectivity index (χ1) is 25.7. The van der Waals surface area contributed by atoms with Crippen molar-refractivity contribution < 1.29 is 41.4 Å². The second-order valence-corrected chi connectivity index (χ2v) is 17.2. The first kappa shape index (κ1) is 37.8. The van der Waals surface area contributed by atoms with Crippen molar-refractivity contribution in [2.45, 2.75) is 115 Å². The highest BCUT2D eigenvalue weighted by Gasteiger charge is 2.62. The van der Waals surface area contributed by atoms with Crippen molar-refractivity contribution in [2.24, 2.45) is 5.92 Å². The average molecular weight is 764 g/mol. The molecule has 3 aromatic rings. The zero-order valence-corrected chi connectivity index (χ0v) is 32.5. The molecule has 2 saturated carbocycles. The van der Waals surface area contributed by atoms with Crippen molar-refractivity contribution >= 4 is 38.6 Å². The van der Waals surface area contributed by atoms with E-state index in [1.165, 1.54) is 4.90 Å². The third kappa shape index (κ3) is 7.31. The topological polar surface area (TPSA) is 179 Å². The SMILES string of the molecule is COc1ccc2c(O[C@@H]3C[C@H]4C(=O)N[C@]5(C(=O)NS(=O)(=O)C6CC6)C[C@H]5/C=C\CCCCO[C@H](C)C(=O)N4C3)cc(-c3nc(C(C)C)oc3C)nc2c1C. The Hall–Kier alpha value is -4.50. The summed E-state index contributed by atoms with van der Waals surface area (Å²) in [6.45, 7) is 9.85. The van der Waals surface area contributed by atoms with E-state index in [2.05, 4.69) is 10.0 Å². The minimum absolute atomic E-state index is 0.0597. The minimum Gasteiger partial charge on any atom is -0.496 e. The van der Waals surface area contributed by atoms with Crippen molar-refractivity contribution in [3.05, 3.63) is 47.6 Å². The number of hydrogen-bond donors (Lipinski definition) is 2. The van der Waals surface area contributed by atoms with Crippen molar-refractivity contribution in [1.82, 2.24) is 24.9 Å². The standard InChI is InChI=1S/C39H49N5O9S/c1-21(2)36-41-34(23(4)52-36)29-18-32(28-14-15-31(50-6)22(3)33(28)40-29)53-26-17-30-35(45)42-39(38(47)43-54(48,49)27-12-13-27)19-25(39)11-9-7-8-10-16-51-24(5)37(46)44(30)20-26/h9,11,14-15,18,21,24-27,30H,7-8,10,12-13,16-17,19-20H2,1-6H3,(H,42,45)(H,43,47)/b11-9-/t24-,25-,26-,30+,39-/m1/s1. The van der Waals surface area contributed by atoms with Crippen LogP contribution in [0, 0.1) is 19.8 Å². The maximum atomic E-state index is 14.3. The number of allylic oxidation sites excluding steroid dienone is 1. The lowest BCUT2D eigenvalue weighted by Gasteiger charge is -2.28. The van der Waals surface area contributed by atoms with Gasteiger partial charge in [-0.05, 0) is 71.4 Å². The van der Waals surface area contributed by atoms with Gasteiger partial charge in [0.1, 0.15) is 46.7 Å². The van der Waals surface area contributed by atoms with E-state index in [1.807, 2.05) is 52.0 Å². The van der Waals surface area contributed by atoms with E-state index < -0.39 is 56.8 Å². The number of rotatable bonds is 8. The highest BCUT2D eigenvalue weighted by atomic mass is 32.2. The zero-order valence-electron chi connectivity index (χ0n) is 31.6. The van der Waals surface area contributed by atoms with Gasteiger partial charge in [-0.15, -0.1) is 0 Å². The summed E-state index contributed by atoms with van der Waals surface area (Å²) in [6.07, 6.45) is 5.93. The van der Waals surface area contributed by atoms with Crippen LogP contribution < -0.4 is 19.5 Å². The predicted octanol–water partition coefficient (Wildman–Crippen LogP) is 4.62. The van der Waals surface area contributed by atoms with Gasteiger partial charge < -0.3 is 28.8 Å². The van der Waals surface area contributed by atoms with Crippen molar-refractivity contribution in [3.8, 4) is 22.9 Å². The largest absolute Gasteiger partial charge is 0.496 e. The molecule has 1 aromatic carbocycles. The highest BCUT2D eigenvalue weighted by molar-refractivity contribution is 7.91. The number of aryl methyl sites for hydroxylation is 2. The Labute approximate surface area is 315 Å². The number of pyridine rings is 1. The minimum atomic E-state index is -3.86. The molecule has 7 rings (SSSR count). The molecule has 4 heterocycles. The molecule has 4 aliphatic rings. The number of hydrogen-bond acceptors (Lipinski definition) is 11. The van der Waals surface area contributed by atoms with Gasteiger partial charge in [-0.25, -0.2) is 18.4 Å². The van der Waals surface area contributed by atoms with Crippen LogP contribution in [0.4, 0.5) is 0 Å². The lowest BCUT2D eigenvalue weighted by Crippen LogP contribution is -2.57. The zero-order chi connectivity index (χ0) is 38.5. The third-order valence-corrected chi connectivity index (χ3v) is 12.7. The summed E-state index contributed by atoms with van der Waals surface area (Å²) >= 11 is 0. The Morgan fingerprint density at radius 1 is 1.13 bits per heavy atom. The molecule has 3 fully saturated rings. The number of sulfonamides is 1. The summed E-state index contributed by atoms with van der Waals surface area (Å²) < 4.78 is 52.1. The van der Waals surface area contributed by atoms with Gasteiger partial charge in [0.2, 0.25) is 15.9 Å². The van der Waals surface area contributed by atoms with Crippen molar-refractivity contribution in [2.75, 3.05) is 20.3 Å². The normalized spacial score (nSPS) is 27.1. The summed E-state index contributed by atoms with van der Waals surface area (Å²) in [5.74, 6) is 0.285. The van der Waals surface area contributed by atoms with Gasteiger partial charge in [-0.2, -0.15) is 0 Å². The van der Waals surface area contributed by atoms with Crippen LogP contribution in [-0.4, -0.2) is 90.3 Å². The van der Waals surface area contributed by atoms with E-state index in [0.29, 0.717) is 64.9 Å². The van der Waals surface area contributed by atoms with Crippen LogP contribution >= 0.6 is 0 Å². The van der Waals surface area contributed by atoms with Crippen LogP contribution in [0.1, 0.15) is 88.8 Å². The Kier molecular flexibility index (Phi) is 10.2. The summed E-state index contributed by atoms with van der Waals surface area (Å²) in [7, 11) is -2.27. The van der Waals surface area contributed by atoms with E-state index in [-0.39, 0.29) is 31.2 Å². The lowest BCUT2D eigenvalue weighted by molar-refractivity contribution is -0.147. The number of fused-ring (bicyclic) bond motifs is 3. The fourth-order valence-corrected chi connectivity index (χ4v) is 8.80. The Balaban J connectivity index is 1.22. The Morgan fingerprint density at radius 3 is 2.61 bits per heavy atom. The van der Waals surface area contributed by atoms with Gasteiger partial charge in [0.05, 0.1) is 30.1 Å². The molecule has 2 N–H and O–H groups in total. The second-order valence-electron chi connectivity index (χ2n) is 15.3. The van der Waals surface area contributed by atoms with Crippen LogP contribution in [0.15, 0.2) is 34.8 Å². The Morgan fingerprint density at radius 2 is 1.91 bits per heavy atom. The number of nitrogens with one attached hydrogen (secondary N) is 2. The number of benzene rings is 1. The summed E-state index contributed by atoms with van der Waals surface area (Å²) in [6, 6.07) is 4.49. The average Bonchev–Trinajstić information content (AvgIpc) is 4.03. The van der Waals surface area contributed by atoms with Crippen LogP contribution in [-0.2, 0) is 29.1 Å². The number of nitrogens with zero attached hydrogens (tertiary/aromatic N) is 3. The molecule has 290 valence electrons. The van der Waals surface area contributed by atoms with E-state index in [1.54, 1.807) is 20.1 Å². The maximum absolute atomic E-state index is 14.3. The number of aromatic nitrogens is 2. The quantitative estimate of drug-likeness (QED) is 0.306. The van der Waals surface area contributed by atoms with Gasteiger partial charge in [-0.3, -0.25) is 19.1 Å². The lowest BCUT2D eigenvalue weighted by atomic mass is 10.1. The fourth-order valence-electron chi connectivity index (χ4n) is 7.43. The first-order valence-corrected chi connectivity index (χ1v) is 20.4. The molecular weight excluding hydrogens is 715 g/mol. The molecule has 1 saturated heterocycles. The monoisotopic (exact) mass is 763 g/mol. The van der Waals surface area contributed by atoms with Crippen molar-refractivity contribution in [1.29, 1.82) is 0 Å². The molecule has 0 spiro atoms. The molecule has 54 heavy (non-hydrogen) atoms. The molecule has 15 heteroatoms. The van der Waals surface area contributed by atoms with Gasteiger partial charge >= 0.3 is 0 Å². The molecule has 2 aliphatic carbocycles. The smallest absolute Gasteiger partial charge is 0.259 e. The molecule has 3 amide bonds. The summed E-state index contributed by atoms with van der Waals surface area (Å²) in [5, 5.41) is 3.01. The Bertz CT molecular complexity index is 2110. The molecule has 5 atom stereocenters. The van der Waals surface area contributed by atoms with Gasteiger partial charge in [0.25, 0.3) is 11.8 Å². The van der Waals surface area contributed by atoms with E-state index >= 15 is 0 Å². The van der Waals surface area contributed by atoms with E-state index in [0.717, 1.165) is 24.8 Å². The molecule has 0 radical (unpaired) electrons. The molecule has 14 nitrogen and oxygen atoms in total. The van der Waals surface area contributed by atoms with E-state index in [9.17, 15) is 22.8 Å². The third-order valence-electron chi connectivity index (χ3n) is 10.9. The second kappa shape index (κ2) is 14.6. The van der Waals surface area contributed by atoms with Gasteiger partial charge in [0.15, 0.2) is 5.89 Å². The predicted molar refractivity (Wildman–Crippen MR) is 199 cm³/mol. The van der Waals surface area contributed by atoms with Gasteiger partial charge in [-0.1, -0.05) is 26.0 Å². The number of methoxy groups -OCH3 is 1. The molecule has 2 aliphatic heterocycles. The van der Waals surface area contributed by atoms with Crippen LogP contribution in [0.25, 0.3) is 22.3 Å². The number of oxazole rings is 1. The number of ether oxygens (including phenoxy) is 3. The van der Waals surface area contributed by atoms with Crippen molar-refractivity contribution in [3.63, 3.8) is 0 Å². The summed E-state index contributed by atoms with van der Waals surface area (Å²) in [4.78, 5) is 53.2. The molecule has 0 unspecified atom stereocenters. The van der Waals surface area contributed by atoms with Crippen LogP contribution in [0.5, 0.6) is 11.5 Å².